The number of aromatic amines is 1. The van der Waals surface area contributed by atoms with Gasteiger partial charge >= 0.3 is 6.03 Å². The number of fused-ring (bicyclic) bond motifs is 1. The first-order valence-electron chi connectivity index (χ1n) is 9.14. The van der Waals surface area contributed by atoms with E-state index >= 15 is 0 Å². The van der Waals surface area contributed by atoms with Gasteiger partial charge in [0.25, 0.3) is 11.5 Å². The topological polar surface area (TPSA) is 94.3 Å². The highest BCUT2D eigenvalue weighted by Crippen LogP contribution is 2.16. The lowest BCUT2D eigenvalue weighted by molar-refractivity contribution is 0.0939. The molecule has 7 heteroatoms. The fourth-order valence-corrected chi connectivity index (χ4v) is 3.45. The Kier molecular flexibility index (Phi) is 4.80. The molecule has 0 spiro atoms. The van der Waals surface area contributed by atoms with Crippen LogP contribution in [0.4, 0.5) is 10.5 Å². The van der Waals surface area contributed by atoms with Gasteiger partial charge in [-0.15, -0.1) is 0 Å². The molecule has 0 bridgehead atoms. The lowest BCUT2D eigenvalue weighted by Gasteiger charge is -2.18. The van der Waals surface area contributed by atoms with Crippen molar-refractivity contribution in [3.05, 3.63) is 76.7 Å². The third-order valence-electron chi connectivity index (χ3n) is 4.89. The van der Waals surface area contributed by atoms with Crippen LogP contribution in [-0.4, -0.2) is 41.0 Å². The summed E-state index contributed by atoms with van der Waals surface area (Å²) in [5.41, 5.74) is 0.929. The summed E-state index contributed by atoms with van der Waals surface area (Å²) in [4.78, 5) is 41.4. The smallest absolute Gasteiger partial charge is 0.321 e. The predicted octanol–water partition coefficient (Wildman–Crippen LogP) is 2.56. The van der Waals surface area contributed by atoms with Crippen LogP contribution in [0.5, 0.6) is 0 Å². The number of hydrogen-bond donors (Lipinski definition) is 3. The van der Waals surface area contributed by atoms with Crippen molar-refractivity contribution >= 4 is 28.4 Å². The number of pyridine rings is 1. The molecule has 3 amide bonds. The number of para-hydroxylation sites is 1. The summed E-state index contributed by atoms with van der Waals surface area (Å²) in [5, 5.41) is 6.92. The predicted molar refractivity (Wildman–Crippen MR) is 107 cm³/mol. The van der Waals surface area contributed by atoms with Crippen molar-refractivity contribution in [3.8, 4) is 0 Å². The minimum absolute atomic E-state index is 0.139. The average molecular weight is 376 g/mol. The largest absolute Gasteiger partial charge is 0.347 e. The van der Waals surface area contributed by atoms with E-state index in [0.717, 1.165) is 5.69 Å². The minimum Gasteiger partial charge on any atom is -0.347 e. The van der Waals surface area contributed by atoms with E-state index in [1.807, 2.05) is 30.3 Å². The lowest BCUT2D eigenvalue weighted by atomic mass is 10.1. The Morgan fingerprint density at radius 1 is 1.00 bits per heavy atom. The van der Waals surface area contributed by atoms with E-state index in [4.69, 9.17) is 0 Å². The van der Waals surface area contributed by atoms with Crippen LogP contribution in [0.25, 0.3) is 10.8 Å². The van der Waals surface area contributed by atoms with Crippen LogP contribution in [0.2, 0.25) is 0 Å². The van der Waals surface area contributed by atoms with Gasteiger partial charge in [0, 0.05) is 41.8 Å². The summed E-state index contributed by atoms with van der Waals surface area (Å²) in [6, 6.07) is 15.9. The van der Waals surface area contributed by atoms with Gasteiger partial charge < -0.3 is 20.5 Å². The highest BCUT2D eigenvalue weighted by Gasteiger charge is 2.28. The lowest BCUT2D eigenvalue weighted by Crippen LogP contribution is -2.39. The number of hydrogen-bond acceptors (Lipinski definition) is 3. The molecule has 0 saturated carbocycles. The third-order valence-corrected chi connectivity index (χ3v) is 4.89. The Morgan fingerprint density at radius 3 is 2.50 bits per heavy atom. The Bertz CT molecular complexity index is 1080. The number of rotatable bonds is 3. The van der Waals surface area contributed by atoms with Crippen LogP contribution in [-0.2, 0) is 0 Å². The summed E-state index contributed by atoms with van der Waals surface area (Å²) in [6.07, 6.45) is 2.12. The first kappa shape index (κ1) is 17.8. The second-order valence-electron chi connectivity index (χ2n) is 6.78. The number of amides is 3. The molecule has 1 unspecified atom stereocenters. The number of nitrogens with one attached hydrogen (secondary N) is 3. The molecule has 3 aromatic rings. The molecule has 3 N–H and O–H groups in total. The molecular formula is C21H20N4O3. The standard InChI is InChI=1S/C21H20N4O3/c26-19-17-9-5-4-8-16(17)18(12-22-19)20(27)23-15-10-11-25(13-15)21(28)24-14-6-2-1-3-7-14/h1-9,12,15H,10-11,13H2,(H,22,26)(H,23,27)(H,24,28). The Labute approximate surface area is 161 Å². The van der Waals surface area contributed by atoms with Gasteiger partial charge in [-0.2, -0.15) is 0 Å². The summed E-state index contributed by atoms with van der Waals surface area (Å²) >= 11 is 0. The molecule has 4 rings (SSSR count). The molecule has 0 aliphatic carbocycles. The Balaban J connectivity index is 1.42. The normalized spacial score (nSPS) is 16.1. The maximum atomic E-state index is 12.7. The van der Waals surface area contributed by atoms with Crippen LogP contribution < -0.4 is 16.2 Å². The highest BCUT2D eigenvalue weighted by molar-refractivity contribution is 6.06. The number of benzene rings is 2. The molecule has 28 heavy (non-hydrogen) atoms. The first-order valence-corrected chi connectivity index (χ1v) is 9.14. The molecular weight excluding hydrogens is 356 g/mol. The number of likely N-dealkylation sites (tertiary alicyclic amines) is 1. The minimum atomic E-state index is -0.261. The highest BCUT2D eigenvalue weighted by atomic mass is 16.2. The Hall–Kier alpha value is -3.61. The van der Waals surface area contributed by atoms with Crippen LogP contribution in [0.15, 0.2) is 65.6 Å². The molecule has 0 radical (unpaired) electrons. The van der Waals surface area contributed by atoms with Gasteiger partial charge in [-0.1, -0.05) is 36.4 Å². The van der Waals surface area contributed by atoms with E-state index in [2.05, 4.69) is 15.6 Å². The van der Waals surface area contributed by atoms with Gasteiger partial charge in [-0.25, -0.2) is 4.79 Å². The van der Waals surface area contributed by atoms with E-state index in [-0.39, 0.29) is 23.5 Å². The summed E-state index contributed by atoms with van der Waals surface area (Å²) in [6.45, 7) is 1.00. The first-order chi connectivity index (χ1) is 13.6. The summed E-state index contributed by atoms with van der Waals surface area (Å²) in [5.74, 6) is -0.261. The fraction of sp³-hybridized carbons (Fsp3) is 0.190. The maximum absolute atomic E-state index is 12.7. The fourth-order valence-electron chi connectivity index (χ4n) is 3.45. The van der Waals surface area contributed by atoms with Gasteiger partial charge in [-0.05, 0) is 24.6 Å². The van der Waals surface area contributed by atoms with Gasteiger partial charge in [0.15, 0.2) is 0 Å². The number of urea groups is 1. The van der Waals surface area contributed by atoms with Crippen molar-refractivity contribution < 1.29 is 9.59 Å². The number of H-pyrrole nitrogens is 1. The van der Waals surface area contributed by atoms with Crippen LogP contribution in [0, 0.1) is 0 Å². The molecule has 2 aromatic carbocycles. The monoisotopic (exact) mass is 376 g/mol. The average Bonchev–Trinajstić information content (AvgIpc) is 3.18. The number of aromatic nitrogens is 1. The van der Waals surface area contributed by atoms with Crippen molar-refractivity contribution in [2.24, 2.45) is 0 Å². The van der Waals surface area contributed by atoms with Crippen molar-refractivity contribution in [1.29, 1.82) is 0 Å². The van der Waals surface area contributed by atoms with Gasteiger partial charge in [0.1, 0.15) is 0 Å². The molecule has 1 aliphatic rings. The second kappa shape index (κ2) is 7.56. The second-order valence-corrected chi connectivity index (χ2v) is 6.78. The molecule has 7 nitrogen and oxygen atoms in total. The number of anilines is 1. The number of carbonyl (C=O) groups is 2. The third kappa shape index (κ3) is 3.59. The molecule has 1 atom stereocenters. The van der Waals surface area contributed by atoms with Crippen LogP contribution >= 0.6 is 0 Å². The van der Waals surface area contributed by atoms with Crippen molar-refractivity contribution in [2.45, 2.75) is 12.5 Å². The molecule has 1 fully saturated rings. The van der Waals surface area contributed by atoms with E-state index < -0.39 is 0 Å². The quantitative estimate of drug-likeness (QED) is 0.656. The van der Waals surface area contributed by atoms with Gasteiger partial charge in [-0.3, -0.25) is 9.59 Å². The zero-order valence-corrected chi connectivity index (χ0v) is 15.1. The SMILES string of the molecule is O=C(NC1CCN(C(=O)Nc2ccccc2)C1)c1c[nH]c(=O)c2ccccc12. The Morgan fingerprint density at radius 2 is 1.71 bits per heavy atom. The van der Waals surface area contributed by atoms with Crippen molar-refractivity contribution in [1.82, 2.24) is 15.2 Å². The van der Waals surface area contributed by atoms with Gasteiger partial charge in [0.2, 0.25) is 0 Å². The van der Waals surface area contributed by atoms with Crippen molar-refractivity contribution in [3.63, 3.8) is 0 Å². The summed E-state index contributed by atoms with van der Waals surface area (Å²) < 4.78 is 0. The number of nitrogens with zero attached hydrogens (tertiary/aromatic N) is 1. The maximum Gasteiger partial charge on any atom is 0.321 e. The summed E-state index contributed by atoms with van der Waals surface area (Å²) in [7, 11) is 0. The molecule has 1 aromatic heterocycles. The van der Waals surface area contributed by atoms with E-state index in [1.54, 1.807) is 29.2 Å². The zero-order chi connectivity index (χ0) is 19.5. The van der Waals surface area contributed by atoms with Crippen LogP contribution in [0.1, 0.15) is 16.8 Å². The van der Waals surface area contributed by atoms with Gasteiger partial charge in [0.05, 0.1) is 5.56 Å². The zero-order valence-electron chi connectivity index (χ0n) is 15.1. The van der Waals surface area contributed by atoms with E-state index in [0.29, 0.717) is 35.8 Å². The molecule has 1 saturated heterocycles. The molecule has 2 heterocycles. The number of carbonyl (C=O) groups excluding carboxylic acids is 2. The van der Waals surface area contributed by atoms with E-state index in [1.165, 1.54) is 6.20 Å². The van der Waals surface area contributed by atoms with Crippen LogP contribution in [0.3, 0.4) is 0 Å². The molecule has 1 aliphatic heterocycles. The van der Waals surface area contributed by atoms with E-state index in [9.17, 15) is 14.4 Å². The van der Waals surface area contributed by atoms with Crippen molar-refractivity contribution in [2.75, 3.05) is 18.4 Å². The molecule has 142 valence electrons.